The van der Waals surface area contributed by atoms with Crippen LogP contribution in [0.25, 0.3) is 0 Å². The van der Waals surface area contributed by atoms with Crippen molar-refractivity contribution in [3.63, 3.8) is 0 Å². The van der Waals surface area contributed by atoms with Crippen molar-refractivity contribution in [2.45, 2.75) is 26.3 Å². The van der Waals surface area contributed by atoms with Gasteiger partial charge in [0.15, 0.2) is 0 Å². The molecule has 0 spiro atoms. The van der Waals surface area contributed by atoms with Gasteiger partial charge in [-0.2, -0.15) is 0 Å². The lowest BCUT2D eigenvalue weighted by molar-refractivity contribution is 0.269. The van der Waals surface area contributed by atoms with E-state index in [1.807, 2.05) is 0 Å². The minimum atomic E-state index is 0.649. The topological polar surface area (TPSA) is 29.3 Å². The summed E-state index contributed by atoms with van der Waals surface area (Å²) in [5, 5.41) is 0. The van der Waals surface area contributed by atoms with E-state index < -0.39 is 0 Å². The van der Waals surface area contributed by atoms with Gasteiger partial charge in [0.1, 0.15) is 0 Å². The summed E-state index contributed by atoms with van der Waals surface area (Å²) in [6.45, 7) is 11.5. The maximum absolute atomic E-state index is 5.56. The van der Waals surface area contributed by atoms with E-state index in [4.69, 9.17) is 5.73 Å². The van der Waals surface area contributed by atoms with Crippen LogP contribution in [0.2, 0.25) is 0 Å². The van der Waals surface area contributed by atoms with Gasteiger partial charge in [-0.15, -0.1) is 0 Å². The molecule has 0 aromatic heterocycles. The summed E-state index contributed by atoms with van der Waals surface area (Å²) in [4.78, 5) is 2.49. The minimum Gasteiger partial charge on any atom is -0.327 e. The number of hydrogen-bond donors (Lipinski definition) is 1. The molecule has 1 unspecified atom stereocenters. The fourth-order valence-corrected chi connectivity index (χ4v) is 1.76. The largest absolute Gasteiger partial charge is 0.327 e. The summed E-state index contributed by atoms with van der Waals surface area (Å²) in [5.41, 5.74) is 6.78. The van der Waals surface area contributed by atoms with Gasteiger partial charge in [0.2, 0.25) is 0 Å². The summed E-state index contributed by atoms with van der Waals surface area (Å²) >= 11 is 0. The second kappa shape index (κ2) is 4.06. The molecule has 2 N–H and O–H groups in total. The maximum Gasteiger partial charge on any atom is 0.0137 e. The normalized spacial score (nSPS) is 25.2. The molecule has 1 fully saturated rings. The lowest BCUT2D eigenvalue weighted by Crippen LogP contribution is -2.28. The molecule has 0 bridgehead atoms. The van der Waals surface area contributed by atoms with E-state index in [0.717, 1.165) is 6.54 Å². The molecule has 0 aromatic carbocycles. The van der Waals surface area contributed by atoms with Gasteiger partial charge in [-0.1, -0.05) is 12.2 Å². The Hall–Kier alpha value is -0.340. The van der Waals surface area contributed by atoms with Crippen LogP contribution >= 0.6 is 0 Å². The number of likely N-dealkylation sites (tertiary alicyclic amines) is 1. The first-order chi connectivity index (χ1) is 5.65. The number of nitrogens with two attached hydrogens (primary N) is 1. The summed E-state index contributed by atoms with van der Waals surface area (Å²) in [6, 6.07) is 0.667. The number of hydrogen-bond acceptors (Lipinski definition) is 2. The highest BCUT2D eigenvalue weighted by molar-refractivity contribution is 5.05. The first-order valence-electron chi connectivity index (χ1n) is 4.77. The molecule has 1 heterocycles. The summed E-state index contributed by atoms with van der Waals surface area (Å²) in [7, 11) is 0. The van der Waals surface area contributed by atoms with Crippen LogP contribution in [-0.4, -0.2) is 30.6 Å². The molecule has 0 radical (unpaired) electrons. The van der Waals surface area contributed by atoms with Crippen molar-refractivity contribution in [2.24, 2.45) is 11.7 Å². The van der Waals surface area contributed by atoms with Crippen molar-refractivity contribution >= 4 is 0 Å². The second-order valence-electron chi connectivity index (χ2n) is 3.94. The SMILES string of the molecule is C=C(CN)C1CCN(C(C)C)C1. The van der Waals surface area contributed by atoms with Gasteiger partial charge in [0, 0.05) is 19.1 Å². The van der Waals surface area contributed by atoms with Crippen molar-refractivity contribution in [2.75, 3.05) is 19.6 Å². The predicted molar refractivity (Wildman–Crippen MR) is 53.0 cm³/mol. The average molecular weight is 168 g/mol. The Balaban J connectivity index is 2.40. The van der Waals surface area contributed by atoms with Gasteiger partial charge in [0.25, 0.3) is 0 Å². The Kier molecular flexibility index (Phi) is 3.29. The van der Waals surface area contributed by atoms with Gasteiger partial charge < -0.3 is 10.6 Å². The highest BCUT2D eigenvalue weighted by atomic mass is 15.2. The molecule has 0 saturated carbocycles. The fourth-order valence-electron chi connectivity index (χ4n) is 1.76. The van der Waals surface area contributed by atoms with Crippen molar-refractivity contribution < 1.29 is 0 Å². The fraction of sp³-hybridized carbons (Fsp3) is 0.800. The lowest BCUT2D eigenvalue weighted by Gasteiger charge is -2.20. The molecule has 1 aliphatic heterocycles. The summed E-state index contributed by atoms with van der Waals surface area (Å²) in [6.07, 6.45) is 1.24. The van der Waals surface area contributed by atoms with E-state index in [2.05, 4.69) is 25.3 Å². The van der Waals surface area contributed by atoms with Crippen LogP contribution in [0.5, 0.6) is 0 Å². The predicted octanol–water partition coefficient (Wildman–Crippen LogP) is 1.23. The summed E-state index contributed by atoms with van der Waals surface area (Å²) < 4.78 is 0. The molecule has 1 rings (SSSR count). The smallest absolute Gasteiger partial charge is 0.0137 e. The van der Waals surface area contributed by atoms with E-state index in [0.29, 0.717) is 18.5 Å². The van der Waals surface area contributed by atoms with Crippen LogP contribution in [0.15, 0.2) is 12.2 Å². The summed E-state index contributed by atoms with van der Waals surface area (Å²) in [5.74, 6) is 0.650. The molecule has 2 nitrogen and oxygen atoms in total. The van der Waals surface area contributed by atoms with Gasteiger partial charge >= 0.3 is 0 Å². The van der Waals surface area contributed by atoms with Crippen LogP contribution in [-0.2, 0) is 0 Å². The number of rotatable bonds is 3. The van der Waals surface area contributed by atoms with Gasteiger partial charge in [-0.25, -0.2) is 0 Å². The molecule has 1 aliphatic rings. The first kappa shape index (κ1) is 9.75. The monoisotopic (exact) mass is 168 g/mol. The van der Waals surface area contributed by atoms with Gasteiger partial charge in [-0.05, 0) is 32.7 Å². The third-order valence-electron chi connectivity index (χ3n) is 2.79. The maximum atomic E-state index is 5.56. The molecule has 2 heteroatoms. The molecule has 0 amide bonds. The molecule has 1 saturated heterocycles. The van der Waals surface area contributed by atoms with Crippen LogP contribution < -0.4 is 5.73 Å². The van der Waals surface area contributed by atoms with Crippen LogP contribution in [0, 0.1) is 5.92 Å². The average Bonchev–Trinajstić information content (AvgIpc) is 2.51. The highest BCUT2D eigenvalue weighted by Crippen LogP contribution is 2.23. The second-order valence-corrected chi connectivity index (χ2v) is 3.94. The van der Waals surface area contributed by atoms with E-state index >= 15 is 0 Å². The Morgan fingerprint density at radius 1 is 1.67 bits per heavy atom. The van der Waals surface area contributed by atoms with Crippen LogP contribution in [0.4, 0.5) is 0 Å². The van der Waals surface area contributed by atoms with E-state index in [9.17, 15) is 0 Å². The zero-order chi connectivity index (χ0) is 9.14. The van der Waals surface area contributed by atoms with Gasteiger partial charge in [0.05, 0.1) is 0 Å². The third-order valence-corrected chi connectivity index (χ3v) is 2.79. The number of nitrogens with zero attached hydrogens (tertiary/aromatic N) is 1. The zero-order valence-corrected chi connectivity index (χ0v) is 8.21. The first-order valence-corrected chi connectivity index (χ1v) is 4.77. The van der Waals surface area contributed by atoms with Gasteiger partial charge in [-0.3, -0.25) is 0 Å². The Bertz CT molecular complexity index is 163. The van der Waals surface area contributed by atoms with Crippen LogP contribution in [0.3, 0.4) is 0 Å². The van der Waals surface area contributed by atoms with Crippen LogP contribution in [0.1, 0.15) is 20.3 Å². The quantitative estimate of drug-likeness (QED) is 0.642. The minimum absolute atomic E-state index is 0.649. The van der Waals surface area contributed by atoms with Crippen molar-refractivity contribution in [3.05, 3.63) is 12.2 Å². The Labute approximate surface area is 75.4 Å². The molecule has 0 aliphatic carbocycles. The highest BCUT2D eigenvalue weighted by Gasteiger charge is 2.24. The van der Waals surface area contributed by atoms with E-state index in [-0.39, 0.29) is 0 Å². The Morgan fingerprint density at radius 3 is 2.75 bits per heavy atom. The van der Waals surface area contributed by atoms with Crippen molar-refractivity contribution in [3.8, 4) is 0 Å². The van der Waals surface area contributed by atoms with E-state index in [1.165, 1.54) is 18.5 Å². The zero-order valence-electron chi connectivity index (χ0n) is 8.21. The molecule has 12 heavy (non-hydrogen) atoms. The van der Waals surface area contributed by atoms with Crippen molar-refractivity contribution in [1.29, 1.82) is 0 Å². The molecule has 0 aromatic rings. The molecule has 70 valence electrons. The lowest BCUT2D eigenvalue weighted by atomic mass is 10.0. The molecule has 1 atom stereocenters. The Morgan fingerprint density at radius 2 is 2.33 bits per heavy atom. The molecular weight excluding hydrogens is 148 g/mol. The third kappa shape index (κ3) is 2.08. The van der Waals surface area contributed by atoms with E-state index in [1.54, 1.807) is 0 Å². The van der Waals surface area contributed by atoms with Crippen molar-refractivity contribution in [1.82, 2.24) is 4.90 Å². The standard InChI is InChI=1S/C10H20N2/c1-8(2)12-5-4-10(7-12)9(3)6-11/h8,10H,3-7,11H2,1-2H3. The molecular formula is C10H20N2.